The van der Waals surface area contributed by atoms with E-state index in [2.05, 4.69) is 14.0 Å². The van der Waals surface area contributed by atoms with Gasteiger partial charge in [0.15, 0.2) is 0 Å². The molecule has 2 aromatic carbocycles. The van der Waals surface area contributed by atoms with Gasteiger partial charge < -0.3 is 0 Å². The molecule has 0 amide bonds. The second-order valence-electron chi connectivity index (χ2n) is 10.6. The van der Waals surface area contributed by atoms with Gasteiger partial charge in [0.25, 0.3) is 0 Å². The Hall–Kier alpha value is -2.41. The van der Waals surface area contributed by atoms with Crippen molar-refractivity contribution in [1.82, 2.24) is 14.5 Å². The maximum atomic E-state index is 15.1. The van der Waals surface area contributed by atoms with E-state index in [-0.39, 0.29) is 17.8 Å². The number of rotatable bonds is 8. The number of nitrogens with zero attached hydrogens (tertiary/aromatic N) is 2. The SMILES string of the molecule is C[C@@H](NS(=O)(=O)/C=C/c1nn(-c2ccc(P)cc2F)c2c1CCC2Cc1cccc(F)c1)C1CCCCC1. The maximum absolute atomic E-state index is 15.1. The average Bonchev–Trinajstić information content (AvgIpc) is 3.44. The molecular formula is C29H34F2N3O2PS. The van der Waals surface area contributed by atoms with E-state index in [0.717, 1.165) is 54.2 Å². The van der Waals surface area contributed by atoms with E-state index in [1.54, 1.807) is 22.9 Å². The summed E-state index contributed by atoms with van der Waals surface area (Å²) in [6.45, 7) is 1.93. The minimum atomic E-state index is -3.68. The van der Waals surface area contributed by atoms with Crippen molar-refractivity contribution in [2.24, 2.45) is 5.92 Å². The average molecular weight is 558 g/mol. The highest BCUT2D eigenvalue weighted by Gasteiger charge is 2.32. The lowest BCUT2D eigenvalue weighted by Gasteiger charge is -2.27. The zero-order valence-corrected chi connectivity index (χ0v) is 23.5. The molecule has 2 aliphatic carbocycles. The van der Waals surface area contributed by atoms with Gasteiger partial charge in [-0.3, -0.25) is 0 Å². The molecule has 0 aliphatic heterocycles. The van der Waals surface area contributed by atoms with Crippen molar-refractivity contribution >= 4 is 30.6 Å². The minimum absolute atomic E-state index is 0.00224. The second-order valence-corrected chi connectivity index (χ2v) is 12.9. The molecule has 1 aromatic heterocycles. The summed E-state index contributed by atoms with van der Waals surface area (Å²) in [6.07, 6.45) is 9.16. The molecule has 3 atom stereocenters. The number of aromatic nitrogens is 2. The Labute approximate surface area is 226 Å². The van der Waals surface area contributed by atoms with Crippen LogP contribution >= 0.6 is 9.24 Å². The Bertz CT molecular complexity index is 1450. The van der Waals surface area contributed by atoms with Gasteiger partial charge in [-0.25, -0.2) is 26.6 Å². The van der Waals surface area contributed by atoms with Gasteiger partial charge in [-0.2, -0.15) is 5.10 Å². The van der Waals surface area contributed by atoms with E-state index < -0.39 is 15.8 Å². The Morgan fingerprint density at radius 2 is 1.92 bits per heavy atom. The summed E-state index contributed by atoms with van der Waals surface area (Å²) < 4.78 is 59.2. The topological polar surface area (TPSA) is 64.0 Å². The molecular weight excluding hydrogens is 523 g/mol. The van der Waals surface area contributed by atoms with Gasteiger partial charge in [-0.1, -0.05) is 37.5 Å². The Balaban J connectivity index is 1.46. The van der Waals surface area contributed by atoms with Crippen LogP contribution in [0.4, 0.5) is 8.78 Å². The van der Waals surface area contributed by atoms with E-state index in [0.29, 0.717) is 30.1 Å². The van der Waals surface area contributed by atoms with Crippen LogP contribution in [0, 0.1) is 17.6 Å². The fourth-order valence-corrected chi connectivity index (χ4v) is 7.29. The lowest BCUT2D eigenvalue weighted by Crippen LogP contribution is -2.37. The van der Waals surface area contributed by atoms with Crippen LogP contribution in [0.3, 0.4) is 0 Å². The summed E-state index contributed by atoms with van der Waals surface area (Å²) in [7, 11) is -1.20. The molecule has 0 spiro atoms. The van der Waals surface area contributed by atoms with Crippen LogP contribution in [0.1, 0.15) is 73.9 Å². The fraction of sp³-hybridized carbons (Fsp3) is 0.414. The monoisotopic (exact) mass is 557 g/mol. The highest BCUT2D eigenvalue weighted by molar-refractivity contribution is 7.92. The Morgan fingerprint density at radius 3 is 2.66 bits per heavy atom. The molecule has 1 saturated carbocycles. The third-order valence-corrected chi connectivity index (χ3v) is 9.42. The molecule has 38 heavy (non-hydrogen) atoms. The third-order valence-electron chi connectivity index (χ3n) is 7.87. The van der Waals surface area contributed by atoms with Gasteiger partial charge >= 0.3 is 0 Å². The van der Waals surface area contributed by atoms with Gasteiger partial charge in [0, 0.05) is 22.9 Å². The van der Waals surface area contributed by atoms with Crippen molar-refractivity contribution in [1.29, 1.82) is 0 Å². The van der Waals surface area contributed by atoms with Crippen LogP contribution < -0.4 is 10.0 Å². The molecule has 202 valence electrons. The van der Waals surface area contributed by atoms with E-state index in [9.17, 15) is 12.8 Å². The molecule has 3 aromatic rings. The highest BCUT2D eigenvalue weighted by atomic mass is 32.2. The van der Waals surface area contributed by atoms with E-state index in [4.69, 9.17) is 5.10 Å². The number of sulfonamides is 1. The number of hydrogen-bond donors (Lipinski definition) is 1. The van der Waals surface area contributed by atoms with E-state index in [1.807, 2.05) is 13.0 Å². The van der Waals surface area contributed by atoms with Crippen molar-refractivity contribution in [2.75, 3.05) is 0 Å². The first-order valence-electron chi connectivity index (χ1n) is 13.3. The molecule has 0 radical (unpaired) electrons. The molecule has 9 heteroatoms. The van der Waals surface area contributed by atoms with Gasteiger partial charge in [-0.05, 0) is 86.2 Å². The first kappa shape index (κ1) is 27.2. The minimum Gasteiger partial charge on any atom is -0.234 e. The van der Waals surface area contributed by atoms with Crippen LogP contribution in [0.25, 0.3) is 11.8 Å². The number of nitrogens with one attached hydrogen (secondary N) is 1. The molecule has 1 fully saturated rings. The lowest BCUT2D eigenvalue weighted by atomic mass is 9.85. The molecule has 5 nitrogen and oxygen atoms in total. The maximum Gasteiger partial charge on any atom is 0.234 e. The molecule has 2 aliphatic rings. The summed E-state index contributed by atoms with van der Waals surface area (Å²) in [6, 6.07) is 11.3. The number of hydrogen-bond acceptors (Lipinski definition) is 3. The van der Waals surface area contributed by atoms with Gasteiger partial charge in [-0.15, -0.1) is 9.24 Å². The predicted octanol–water partition coefficient (Wildman–Crippen LogP) is 5.78. The molecule has 1 N–H and O–H groups in total. The summed E-state index contributed by atoms with van der Waals surface area (Å²) in [5.41, 5.74) is 3.45. The van der Waals surface area contributed by atoms with Crippen LogP contribution in [-0.2, 0) is 22.9 Å². The van der Waals surface area contributed by atoms with Crippen molar-refractivity contribution in [3.63, 3.8) is 0 Å². The zero-order chi connectivity index (χ0) is 26.9. The molecule has 0 bridgehead atoms. The molecule has 5 rings (SSSR count). The van der Waals surface area contributed by atoms with Crippen molar-refractivity contribution < 1.29 is 17.2 Å². The van der Waals surface area contributed by atoms with Crippen LogP contribution in [0.2, 0.25) is 0 Å². The summed E-state index contributed by atoms with van der Waals surface area (Å²) in [5, 5.41) is 6.59. The predicted molar refractivity (Wildman–Crippen MR) is 151 cm³/mol. The normalized spacial score (nSPS) is 19.2. The Kier molecular flexibility index (Phi) is 8.13. The molecule has 2 unspecified atom stereocenters. The standard InChI is InChI=1S/C29H34F2N3O2PS/c1-19(21-7-3-2-4-8-21)33-38(35,36)15-14-27-25-12-10-22(16-20-6-5-9-23(30)17-20)29(25)34(32-27)28-13-11-24(37)18-26(28)31/h5-6,9,11,13-15,17-19,21-22,33H,2-4,7-8,10,12,16,37H2,1H3/b15-14+/t19-,22?/m1/s1. The van der Waals surface area contributed by atoms with Crippen LogP contribution in [-0.4, -0.2) is 24.2 Å². The number of benzene rings is 2. The Morgan fingerprint density at radius 1 is 1.13 bits per heavy atom. The van der Waals surface area contributed by atoms with Crippen molar-refractivity contribution in [3.05, 3.63) is 82.0 Å². The van der Waals surface area contributed by atoms with Gasteiger partial charge in [0.05, 0.1) is 11.4 Å². The number of halogens is 2. The fourth-order valence-electron chi connectivity index (χ4n) is 5.95. The highest BCUT2D eigenvalue weighted by Crippen LogP contribution is 2.39. The van der Waals surface area contributed by atoms with E-state index in [1.165, 1.54) is 36.1 Å². The smallest absolute Gasteiger partial charge is 0.234 e. The molecule has 1 heterocycles. The van der Waals surface area contributed by atoms with Gasteiger partial charge in [0.1, 0.15) is 17.3 Å². The summed E-state index contributed by atoms with van der Waals surface area (Å²) in [4.78, 5) is 0. The van der Waals surface area contributed by atoms with Crippen LogP contribution in [0.15, 0.2) is 47.9 Å². The van der Waals surface area contributed by atoms with Gasteiger partial charge in [0.2, 0.25) is 10.0 Å². The van der Waals surface area contributed by atoms with Crippen molar-refractivity contribution in [3.8, 4) is 5.69 Å². The largest absolute Gasteiger partial charge is 0.234 e. The first-order chi connectivity index (χ1) is 18.2. The third kappa shape index (κ3) is 6.08. The van der Waals surface area contributed by atoms with Crippen molar-refractivity contribution in [2.45, 2.75) is 70.3 Å². The molecule has 0 saturated heterocycles. The van der Waals surface area contributed by atoms with Crippen LogP contribution in [0.5, 0.6) is 0 Å². The number of fused-ring (bicyclic) bond motifs is 1. The first-order valence-corrected chi connectivity index (χ1v) is 15.4. The quantitative estimate of drug-likeness (QED) is 0.357. The summed E-state index contributed by atoms with van der Waals surface area (Å²) >= 11 is 0. The van der Waals surface area contributed by atoms with E-state index >= 15 is 4.39 Å². The summed E-state index contributed by atoms with van der Waals surface area (Å²) in [5.74, 6) is -0.357. The second kappa shape index (κ2) is 11.4. The lowest BCUT2D eigenvalue weighted by molar-refractivity contribution is 0.303. The zero-order valence-electron chi connectivity index (χ0n) is 21.5.